The molecule has 2 bridgehead atoms. The SMILES string of the molecule is Cc1cc(Nc2cc(CO)nc(NCC3CC4CCC(C3)N4)n2)n[nH]1. The first-order valence-electron chi connectivity index (χ1n) is 8.95. The molecule has 2 aliphatic heterocycles. The van der Waals surface area contributed by atoms with Crippen molar-refractivity contribution in [2.24, 2.45) is 5.92 Å². The van der Waals surface area contributed by atoms with Crippen LogP contribution in [0.1, 0.15) is 37.1 Å². The molecule has 0 amide bonds. The Balaban J connectivity index is 1.42. The number of piperidine rings is 1. The molecule has 2 aromatic rings. The molecule has 2 fully saturated rings. The molecule has 2 aromatic heterocycles. The number of aryl methyl sites for hydroxylation is 1. The Labute approximate surface area is 146 Å². The topological polar surface area (TPSA) is 111 Å². The first-order valence-corrected chi connectivity index (χ1v) is 8.95. The third kappa shape index (κ3) is 3.91. The van der Waals surface area contributed by atoms with Crippen LogP contribution in [0.4, 0.5) is 17.6 Å². The quantitative estimate of drug-likeness (QED) is 0.543. The largest absolute Gasteiger partial charge is 0.390 e. The van der Waals surface area contributed by atoms with E-state index in [-0.39, 0.29) is 6.61 Å². The number of anilines is 3. The van der Waals surface area contributed by atoms with Gasteiger partial charge in [-0.25, -0.2) is 4.98 Å². The van der Waals surface area contributed by atoms with E-state index in [1.54, 1.807) is 6.07 Å². The lowest BCUT2D eigenvalue weighted by Crippen LogP contribution is -2.40. The summed E-state index contributed by atoms with van der Waals surface area (Å²) in [6.07, 6.45) is 5.02. The molecule has 2 aliphatic rings. The summed E-state index contributed by atoms with van der Waals surface area (Å²) < 4.78 is 0. The summed E-state index contributed by atoms with van der Waals surface area (Å²) in [5.41, 5.74) is 1.55. The second-order valence-corrected chi connectivity index (χ2v) is 7.14. The van der Waals surface area contributed by atoms with Crippen molar-refractivity contribution >= 4 is 17.6 Å². The van der Waals surface area contributed by atoms with Gasteiger partial charge in [0.25, 0.3) is 0 Å². The standard InChI is InChI=1S/C17H25N7O/c1-10-4-16(24-23-10)21-15-7-14(9-25)20-17(22-15)18-8-11-5-12-2-3-13(6-11)19-12/h4,7,11-13,19,25H,2-3,5-6,8-9H2,1H3,(H3,18,20,21,22,23,24). The van der Waals surface area contributed by atoms with E-state index < -0.39 is 0 Å². The summed E-state index contributed by atoms with van der Waals surface area (Å²) in [4.78, 5) is 8.89. The average Bonchev–Trinajstić information content (AvgIpc) is 3.17. The van der Waals surface area contributed by atoms with Crippen LogP contribution >= 0.6 is 0 Å². The van der Waals surface area contributed by atoms with Crippen LogP contribution in [0.2, 0.25) is 0 Å². The van der Waals surface area contributed by atoms with Gasteiger partial charge in [0.05, 0.1) is 12.3 Å². The summed E-state index contributed by atoms with van der Waals surface area (Å²) in [7, 11) is 0. The van der Waals surface area contributed by atoms with Crippen LogP contribution in [-0.4, -0.2) is 43.9 Å². The molecular formula is C17H25N7O. The Bertz CT molecular complexity index is 720. The van der Waals surface area contributed by atoms with E-state index >= 15 is 0 Å². The smallest absolute Gasteiger partial charge is 0.224 e. The van der Waals surface area contributed by atoms with E-state index in [1.165, 1.54) is 25.7 Å². The number of hydrogen-bond acceptors (Lipinski definition) is 7. The molecule has 2 saturated heterocycles. The van der Waals surface area contributed by atoms with Crippen LogP contribution < -0.4 is 16.0 Å². The molecule has 0 radical (unpaired) electrons. The van der Waals surface area contributed by atoms with Gasteiger partial charge in [-0.15, -0.1) is 0 Å². The Kier molecular flexibility index (Phi) is 4.54. The molecule has 2 unspecified atom stereocenters. The van der Waals surface area contributed by atoms with Gasteiger partial charge in [0.2, 0.25) is 5.95 Å². The molecule has 25 heavy (non-hydrogen) atoms. The van der Waals surface area contributed by atoms with E-state index in [0.29, 0.717) is 41.3 Å². The van der Waals surface area contributed by atoms with E-state index in [2.05, 4.69) is 36.1 Å². The highest BCUT2D eigenvalue weighted by Gasteiger charge is 2.33. The Hall–Kier alpha value is -2.19. The minimum atomic E-state index is -0.122. The minimum absolute atomic E-state index is 0.122. The fraction of sp³-hybridized carbons (Fsp3) is 0.588. The maximum absolute atomic E-state index is 9.48. The van der Waals surface area contributed by atoms with E-state index in [9.17, 15) is 5.11 Å². The molecule has 0 aromatic carbocycles. The zero-order valence-electron chi connectivity index (χ0n) is 14.4. The molecule has 2 atom stereocenters. The van der Waals surface area contributed by atoms with Crippen molar-refractivity contribution in [3.63, 3.8) is 0 Å². The molecule has 5 N–H and O–H groups in total. The fourth-order valence-electron chi connectivity index (χ4n) is 3.91. The molecule has 8 heteroatoms. The van der Waals surface area contributed by atoms with Crippen LogP contribution in [0.3, 0.4) is 0 Å². The Morgan fingerprint density at radius 1 is 1.16 bits per heavy atom. The lowest BCUT2D eigenvalue weighted by Gasteiger charge is -2.29. The van der Waals surface area contributed by atoms with E-state index in [1.807, 2.05) is 13.0 Å². The van der Waals surface area contributed by atoms with Gasteiger partial charge in [-0.05, 0) is 38.5 Å². The van der Waals surface area contributed by atoms with Crippen molar-refractivity contribution < 1.29 is 5.11 Å². The van der Waals surface area contributed by atoms with Gasteiger partial charge in [-0.2, -0.15) is 10.1 Å². The van der Waals surface area contributed by atoms with Gasteiger partial charge >= 0.3 is 0 Å². The number of aliphatic hydroxyl groups is 1. The summed E-state index contributed by atoms with van der Waals surface area (Å²) in [5.74, 6) is 2.51. The van der Waals surface area contributed by atoms with Crippen molar-refractivity contribution in [1.29, 1.82) is 0 Å². The first-order chi connectivity index (χ1) is 12.2. The number of aliphatic hydroxyl groups excluding tert-OH is 1. The Morgan fingerprint density at radius 3 is 2.64 bits per heavy atom. The molecule has 4 heterocycles. The van der Waals surface area contributed by atoms with Gasteiger partial charge in [-0.1, -0.05) is 0 Å². The summed E-state index contributed by atoms with van der Waals surface area (Å²) in [6.45, 7) is 2.68. The number of aromatic amines is 1. The third-order valence-corrected chi connectivity index (χ3v) is 5.02. The minimum Gasteiger partial charge on any atom is -0.390 e. The number of rotatable bonds is 6. The number of nitrogens with zero attached hydrogens (tertiary/aromatic N) is 3. The van der Waals surface area contributed by atoms with E-state index in [4.69, 9.17) is 0 Å². The van der Waals surface area contributed by atoms with Crippen molar-refractivity contribution in [3.05, 3.63) is 23.5 Å². The summed E-state index contributed by atoms with van der Waals surface area (Å²) in [5, 5.41) is 26.7. The lowest BCUT2D eigenvalue weighted by molar-refractivity contribution is 0.277. The third-order valence-electron chi connectivity index (χ3n) is 5.02. The van der Waals surface area contributed by atoms with Crippen LogP contribution in [0.15, 0.2) is 12.1 Å². The van der Waals surface area contributed by atoms with Gasteiger partial charge in [0.1, 0.15) is 5.82 Å². The van der Waals surface area contributed by atoms with Gasteiger partial charge in [0.15, 0.2) is 5.82 Å². The van der Waals surface area contributed by atoms with Crippen molar-refractivity contribution in [3.8, 4) is 0 Å². The highest BCUT2D eigenvalue weighted by Crippen LogP contribution is 2.30. The average molecular weight is 343 g/mol. The summed E-state index contributed by atoms with van der Waals surface area (Å²) >= 11 is 0. The highest BCUT2D eigenvalue weighted by molar-refractivity contribution is 5.54. The molecule has 134 valence electrons. The molecular weight excluding hydrogens is 318 g/mol. The zero-order chi connectivity index (χ0) is 17.2. The molecule has 0 saturated carbocycles. The lowest BCUT2D eigenvalue weighted by atomic mass is 9.92. The van der Waals surface area contributed by atoms with Crippen molar-refractivity contribution in [1.82, 2.24) is 25.5 Å². The second-order valence-electron chi connectivity index (χ2n) is 7.14. The number of aromatic nitrogens is 4. The van der Waals surface area contributed by atoms with Crippen LogP contribution in [0.5, 0.6) is 0 Å². The number of H-pyrrole nitrogens is 1. The summed E-state index contributed by atoms with van der Waals surface area (Å²) in [6, 6.07) is 4.99. The molecule has 4 rings (SSSR count). The van der Waals surface area contributed by atoms with Crippen LogP contribution in [-0.2, 0) is 6.61 Å². The monoisotopic (exact) mass is 343 g/mol. The van der Waals surface area contributed by atoms with E-state index in [0.717, 1.165) is 12.2 Å². The predicted octanol–water partition coefficient (Wildman–Crippen LogP) is 1.69. The molecule has 0 spiro atoms. The number of nitrogens with one attached hydrogen (secondary N) is 4. The van der Waals surface area contributed by atoms with Gasteiger partial charge < -0.3 is 21.1 Å². The van der Waals surface area contributed by atoms with Crippen molar-refractivity contribution in [2.45, 2.75) is 51.3 Å². The predicted molar refractivity (Wildman–Crippen MR) is 95.7 cm³/mol. The zero-order valence-corrected chi connectivity index (χ0v) is 14.4. The maximum Gasteiger partial charge on any atom is 0.224 e. The number of hydrogen-bond donors (Lipinski definition) is 5. The van der Waals surface area contributed by atoms with Crippen molar-refractivity contribution in [2.75, 3.05) is 17.2 Å². The fourth-order valence-corrected chi connectivity index (χ4v) is 3.91. The first kappa shape index (κ1) is 16.3. The molecule has 0 aliphatic carbocycles. The van der Waals surface area contributed by atoms with Gasteiger partial charge in [0, 0.05) is 36.5 Å². The normalized spacial score (nSPS) is 25.1. The maximum atomic E-state index is 9.48. The number of fused-ring (bicyclic) bond motifs is 2. The Morgan fingerprint density at radius 2 is 1.96 bits per heavy atom. The highest BCUT2D eigenvalue weighted by atomic mass is 16.3. The second kappa shape index (κ2) is 6.97. The van der Waals surface area contributed by atoms with Crippen LogP contribution in [0.25, 0.3) is 0 Å². The molecule has 8 nitrogen and oxygen atoms in total. The van der Waals surface area contributed by atoms with Crippen LogP contribution in [0, 0.1) is 12.8 Å². The van der Waals surface area contributed by atoms with Gasteiger partial charge in [-0.3, -0.25) is 5.10 Å².